The number of aliphatic imine (C=N–C) groups is 1. The summed E-state index contributed by atoms with van der Waals surface area (Å²) in [6.07, 6.45) is 4.93. The molecular formula is C22H34N6O2. The first-order chi connectivity index (χ1) is 14.7. The molecule has 2 heterocycles. The first-order valence-corrected chi connectivity index (χ1v) is 10.6. The fraction of sp³-hybridized carbons (Fsp3) is 0.545. The number of ether oxygens (including phenoxy) is 2. The van der Waals surface area contributed by atoms with Crippen LogP contribution < -0.4 is 15.4 Å². The Morgan fingerprint density at radius 1 is 1.23 bits per heavy atom. The first kappa shape index (κ1) is 22.1. The lowest BCUT2D eigenvalue weighted by Crippen LogP contribution is -2.46. The second kappa shape index (κ2) is 11.6. The van der Waals surface area contributed by atoms with E-state index in [1.54, 1.807) is 7.11 Å². The molecule has 1 fully saturated rings. The number of hydrogen-bond acceptors (Lipinski definition) is 5. The van der Waals surface area contributed by atoms with E-state index in [9.17, 15) is 0 Å². The second-order valence-electron chi connectivity index (χ2n) is 7.45. The van der Waals surface area contributed by atoms with Crippen LogP contribution in [0, 0.1) is 6.92 Å². The Morgan fingerprint density at radius 2 is 2.00 bits per heavy atom. The molecule has 1 aliphatic rings. The molecule has 1 aliphatic heterocycles. The summed E-state index contributed by atoms with van der Waals surface area (Å²) in [5.74, 6) is 1.69. The molecule has 8 heteroatoms. The summed E-state index contributed by atoms with van der Waals surface area (Å²) in [5.41, 5.74) is 2.45. The molecule has 0 spiro atoms. The number of hydrogen-bond donors (Lipinski definition) is 2. The van der Waals surface area contributed by atoms with Crippen LogP contribution in [0.5, 0.6) is 5.75 Å². The van der Waals surface area contributed by atoms with Crippen molar-refractivity contribution < 1.29 is 9.47 Å². The van der Waals surface area contributed by atoms with Crippen LogP contribution in [0.1, 0.15) is 23.6 Å². The Hall–Kier alpha value is -2.58. The zero-order valence-corrected chi connectivity index (χ0v) is 18.3. The molecule has 1 aromatic carbocycles. The van der Waals surface area contributed by atoms with Crippen LogP contribution in [0.3, 0.4) is 0 Å². The zero-order valence-electron chi connectivity index (χ0n) is 18.3. The van der Waals surface area contributed by atoms with E-state index in [2.05, 4.69) is 50.9 Å². The number of aromatic nitrogens is 2. The van der Waals surface area contributed by atoms with E-state index < -0.39 is 0 Å². The molecular weight excluding hydrogens is 380 g/mol. The van der Waals surface area contributed by atoms with Crippen LogP contribution in [0.2, 0.25) is 0 Å². The standard InChI is InChI=1S/C22H34N6O2/c1-18-15-26-28(17-18)10-4-9-24-22(23-2)25-16-21(27-11-13-30-14-12-27)19-5-7-20(29-3)8-6-19/h5-8,15,17,21H,4,9-14,16H2,1-3H3,(H2,23,24,25). The average molecular weight is 415 g/mol. The van der Waals surface area contributed by atoms with E-state index >= 15 is 0 Å². The zero-order chi connectivity index (χ0) is 21.2. The summed E-state index contributed by atoms with van der Waals surface area (Å²) in [4.78, 5) is 6.85. The van der Waals surface area contributed by atoms with Gasteiger partial charge in [-0.2, -0.15) is 5.10 Å². The quantitative estimate of drug-likeness (QED) is 0.370. The maximum absolute atomic E-state index is 5.55. The highest BCUT2D eigenvalue weighted by Crippen LogP contribution is 2.23. The second-order valence-corrected chi connectivity index (χ2v) is 7.45. The molecule has 3 rings (SSSR count). The van der Waals surface area contributed by atoms with Crippen molar-refractivity contribution in [2.24, 2.45) is 4.99 Å². The average Bonchev–Trinajstić information content (AvgIpc) is 3.21. The Morgan fingerprint density at radius 3 is 2.63 bits per heavy atom. The SMILES string of the molecule is CN=C(NCCCn1cc(C)cn1)NCC(c1ccc(OC)cc1)N1CCOCC1. The Balaban J connectivity index is 1.53. The highest BCUT2D eigenvalue weighted by atomic mass is 16.5. The molecule has 0 saturated carbocycles. The van der Waals surface area contributed by atoms with Crippen molar-refractivity contribution in [3.05, 3.63) is 47.8 Å². The topological polar surface area (TPSA) is 75.9 Å². The lowest BCUT2D eigenvalue weighted by atomic mass is 10.0. The van der Waals surface area contributed by atoms with Gasteiger partial charge in [0.05, 0.1) is 32.6 Å². The lowest BCUT2D eigenvalue weighted by molar-refractivity contribution is 0.0170. The van der Waals surface area contributed by atoms with Crippen LogP contribution in [-0.4, -0.2) is 74.2 Å². The van der Waals surface area contributed by atoms with Crippen molar-refractivity contribution in [1.29, 1.82) is 0 Å². The van der Waals surface area contributed by atoms with E-state index in [0.29, 0.717) is 0 Å². The van der Waals surface area contributed by atoms with Gasteiger partial charge in [0.1, 0.15) is 5.75 Å². The van der Waals surface area contributed by atoms with Gasteiger partial charge in [0, 0.05) is 46.0 Å². The van der Waals surface area contributed by atoms with Gasteiger partial charge in [0.25, 0.3) is 0 Å². The number of guanidine groups is 1. The van der Waals surface area contributed by atoms with Gasteiger partial charge in [-0.3, -0.25) is 14.6 Å². The third kappa shape index (κ3) is 6.47. The lowest BCUT2D eigenvalue weighted by Gasteiger charge is -2.35. The van der Waals surface area contributed by atoms with E-state index in [-0.39, 0.29) is 6.04 Å². The number of methoxy groups -OCH3 is 1. The van der Waals surface area contributed by atoms with E-state index in [1.807, 2.05) is 30.1 Å². The predicted octanol–water partition coefficient (Wildman–Crippen LogP) is 1.83. The van der Waals surface area contributed by atoms with Gasteiger partial charge in [-0.15, -0.1) is 0 Å². The van der Waals surface area contributed by atoms with Gasteiger partial charge in [-0.05, 0) is 36.6 Å². The largest absolute Gasteiger partial charge is 0.497 e. The number of benzene rings is 1. The van der Waals surface area contributed by atoms with Crippen LogP contribution in [0.4, 0.5) is 0 Å². The normalized spacial score (nSPS) is 16.3. The van der Waals surface area contributed by atoms with Gasteiger partial charge in [0.15, 0.2) is 5.96 Å². The maximum Gasteiger partial charge on any atom is 0.191 e. The Labute approximate surface area is 179 Å². The van der Waals surface area contributed by atoms with Crippen LogP contribution in [0.25, 0.3) is 0 Å². The Bertz CT molecular complexity index is 783. The monoisotopic (exact) mass is 414 g/mol. The molecule has 0 bridgehead atoms. The molecule has 2 N–H and O–H groups in total. The number of rotatable bonds is 9. The third-order valence-electron chi connectivity index (χ3n) is 5.29. The fourth-order valence-electron chi connectivity index (χ4n) is 3.62. The van der Waals surface area contributed by atoms with Crippen LogP contribution in [0.15, 0.2) is 41.7 Å². The highest BCUT2D eigenvalue weighted by molar-refractivity contribution is 5.79. The summed E-state index contributed by atoms with van der Waals surface area (Å²) in [6.45, 7) is 7.94. The molecule has 1 saturated heterocycles. The molecule has 0 radical (unpaired) electrons. The van der Waals surface area contributed by atoms with Crippen LogP contribution in [-0.2, 0) is 11.3 Å². The smallest absolute Gasteiger partial charge is 0.191 e. The van der Waals surface area contributed by atoms with Gasteiger partial charge in [-0.1, -0.05) is 12.1 Å². The number of morpholine rings is 1. The van der Waals surface area contributed by atoms with Gasteiger partial charge in [0.2, 0.25) is 0 Å². The maximum atomic E-state index is 5.55. The molecule has 164 valence electrons. The summed E-state index contributed by atoms with van der Waals surface area (Å²) >= 11 is 0. The molecule has 1 aromatic heterocycles. The minimum Gasteiger partial charge on any atom is -0.497 e. The minimum absolute atomic E-state index is 0.241. The molecule has 1 atom stereocenters. The van der Waals surface area contributed by atoms with Crippen molar-refractivity contribution in [2.45, 2.75) is 25.9 Å². The highest BCUT2D eigenvalue weighted by Gasteiger charge is 2.23. The molecule has 30 heavy (non-hydrogen) atoms. The molecule has 0 amide bonds. The van der Waals surface area contributed by atoms with Gasteiger partial charge < -0.3 is 20.1 Å². The van der Waals surface area contributed by atoms with E-state index in [1.165, 1.54) is 11.1 Å². The summed E-state index contributed by atoms with van der Waals surface area (Å²) in [5, 5.41) is 11.2. The molecule has 0 aliphatic carbocycles. The first-order valence-electron chi connectivity index (χ1n) is 10.6. The summed E-state index contributed by atoms with van der Waals surface area (Å²) in [7, 11) is 3.50. The minimum atomic E-state index is 0.241. The van der Waals surface area contributed by atoms with E-state index in [0.717, 1.165) is 64.1 Å². The van der Waals surface area contributed by atoms with Crippen molar-refractivity contribution in [3.63, 3.8) is 0 Å². The number of nitrogens with zero attached hydrogens (tertiary/aromatic N) is 4. The predicted molar refractivity (Wildman–Crippen MR) is 119 cm³/mol. The summed E-state index contributed by atoms with van der Waals surface area (Å²) < 4.78 is 12.8. The van der Waals surface area contributed by atoms with Gasteiger partial charge >= 0.3 is 0 Å². The van der Waals surface area contributed by atoms with Crippen molar-refractivity contribution >= 4 is 5.96 Å². The Kier molecular flexibility index (Phi) is 8.53. The fourth-order valence-corrected chi connectivity index (χ4v) is 3.62. The van der Waals surface area contributed by atoms with Crippen molar-refractivity contribution in [3.8, 4) is 5.75 Å². The molecule has 2 aromatic rings. The van der Waals surface area contributed by atoms with E-state index in [4.69, 9.17) is 9.47 Å². The third-order valence-corrected chi connectivity index (χ3v) is 5.29. The van der Waals surface area contributed by atoms with Gasteiger partial charge in [-0.25, -0.2) is 0 Å². The van der Waals surface area contributed by atoms with Crippen LogP contribution >= 0.6 is 0 Å². The molecule has 8 nitrogen and oxygen atoms in total. The number of aryl methyl sites for hydroxylation is 2. The van der Waals surface area contributed by atoms with Crippen molar-refractivity contribution in [1.82, 2.24) is 25.3 Å². The summed E-state index contributed by atoms with van der Waals surface area (Å²) in [6, 6.07) is 8.57. The number of nitrogens with one attached hydrogen (secondary N) is 2. The van der Waals surface area contributed by atoms with Crippen molar-refractivity contribution in [2.75, 3.05) is 53.6 Å². The molecule has 1 unspecified atom stereocenters.